The van der Waals surface area contributed by atoms with Crippen molar-refractivity contribution in [3.63, 3.8) is 0 Å². The predicted octanol–water partition coefficient (Wildman–Crippen LogP) is 2.61. The molecule has 0 spiro atoms. The lowest BCUT2D eigenvalue weighted by molar-refractivity contribution is -0.154. The summed E-state index contributed by atoms with van der Waals surface area (Å²) in [7, 11) is -3.11. The topological polar surface area (TPSA) is 136 Å². The van der Waals surface area contributed by atoms with Crippen LogP contribution in [0.4, 0.5) is 10.4 Å². The number of benzene rings is 1. The normalized spacial score (nSPS) is 12.5. The Morgan fingerprint density at radius 2 is 1.80 bits per heavy atom. The van der Waals surface area contributed by atoms with Crippen LogP contribution < -0.4 is 5.32 Å². The standard InChI is InChI=1S/C18H25NO8S.CH4.FH/c1-12(20)14(7-6-10-27-18(22)13(2)26-3)11-17(21)19-15-8-4-5-9-16(15)28(23,24)25;;/h4-5,8-9,13-14H,6-7,10-11H2,1-3H3,(H,19,21)(H,23,24,25);1H4;1H. The molecule has 0 saturated heterocycles. The molecule has 0 bridgehead atoms. The molecule has 2 N–H and O–H groups in total. The number of carbonyl (C=O) groups excluding carboxylic acids is 3. The SMILES string of the molecule is C.COC(C)C(=O)OCCCC(CC(=O)Nc1ccccc1S(=O)(=O)O)C(C)=O.F. The van der Waals surface area contributed by atoms with Gasteiger partial charge in [0.1, 0.15) is 10.7 Å². The first-order valence-electron chi connectivity index (χ1n) is 8.62. The van der Waals surface area contributed by atoms with Crippen LogP contribution in [-0.4, -0.2) is 50.5 Å². The highest BCUT2D eigenvalue weighted by molar-refractivity contribution is 7.86. The molecule has 11 heteroatoms. The van der Waals surface area contributed by atoms with Gasteiger partial charge in [-0.05, 0) is 38.8 Å². The number of ether oxygens (including phenoxy) is 2. The van der Waals surface area contributed by atoms with Gasteiger partial charge in [-0.3, -0.25) is 18.8 Å². The van der Waals surface area contributed by atoms with Crippen molar-refractivity contribution in [3.8, 4) is 0 Å². The van der Waals surface area contributed by atoms with Crippen molar-refractivity contribution in [1.29, 1.82) is 0 Å². The third-order valence-corrected chi connectivity index (χ3v) is 4.98. The second-order valence-corrected chi connectivity index (χ2v) is 7.61. The first kappa shape index (κ1) is 29.8. The van der Waals surface area contributed by atoms with E-state index < -0.39 is 38.9 Å². The van der Waals surface area contributed by atoms with E-state index in [1.54, 1.807) is 6.92 Å². The summed E-state index contributed by atoms with van der Waals surface area (Å²) in [6.07, 6.45) is -0.159. The molecule has 1 amide bonds. The molecule has 2 unspecified atom stereocenters. The lowest BCUT2D eigenvalue weighted by Crippen LogP contribution is -2.24. The maximum Gasteiger partial charge on any atom is 0.334 e. The monoisotopic (exact) mass is 451 g/mol. The van der Waals surface area contributed by atoms with Crippen molar-refractivity contribution in [2.24, 2.45) is 5.92 Å². The summed E-state index contributed by atoms with van der Waals surface area (Å²) < 4.78 is 41.8. The molecule has 30 heavy (non-hydrogen) atoms. The van der Waals surface area contributed by atoms with E-state index in [2.05, 4.69) is 5.32 Å². The first-order valence-corrected chi connectivity index (χ1v) is 10.1. The van der Waals surface area contributed by atoms with Gasteiger partial charge in [-0.1, -0.05) is 19.6 Å². The molecule has 1 aromatic rings. The molecule has 172 valence electrons. The van der Waals surface area contributed by atoms with E-state index in [9.17, 15) is 27.4 Å². The minimum atomic E-state index is -4.50. The molecule has 0 radical (unpaired) electrons. The summed E-state index contributed by atoms with van der Waals surface area (Å²) in [5, 5.41) is 2.40. The van der Waals surface area contributed by atoms with Crippen molar-refractivity contribution in [2.75, 3.05) is 19.0 Å². The molecule has 9 nitrogen and oxygen atoms in total. The summed E-state index contributed by atoms with van der Waals surface area (Å²) in [4.78, 5) is 35.1. The molecule has 1 rings (SSSR count). The van der Waals surface area contributed by atoms with E-state index in [0.717, 1.165) is 6.07 Å². The smallest absolute Gasteiger partial charge is 0.334 e. The van der Waals surface area contributed by atoms with Crippen LogP contribution in [0.1, 0.15) is 40.5 Å². The van der Waals surface area contributed by atoms with Crippen molar-refractivity contribution >= 4 is 33.5 Å². The highest BCUT2D eigenvalue weighted by Crippen LogP contribution is 2.22. The van der Waals surface area contributed by atoms with Gasteiger partial charge in [-0.25, -0.2) is 4.79 Å². The predicted molar refractivity (Wildman–Crippen MR) is 110 cm³/mol. The largest absolute Gasteiger partial charge is 0.464 e. The zero-order valence-electron chi connectivity index (χ0n) is 16.4. The minimum Gasteiger partial charge on any atom is -0.464 e. The Kier molecular flexibility index (Phi) is 13.7. The Hall–Kier alpha value is -2.37. The highest BCUT2D eigenvalue weighted by atomic mass is 32.2. The van der Waals surface area contributed by atoms with E-state index in [0.29, 0.717) is 12.8 Å². The average Bonchev–Trinajstić information content (AvgIpc) is 2.62. The van der Waals surface area contributed by atoms with Crippen LogP contribution in [0.15, 0.2) is 29.2 Å². The van der Waals surface area contributed by atoms with Crippen LogP contribution in [0.2, 0.25) is 0 Å². The number of nitrogens with one attached hydrogen (secondary N) is 1. The van der Waals surface area contributed by atoms with E-state index in [-0.39, 0.29) is 36.6 Å². The minimum absolute atomic E-state index is 0. The molecule has 0 heterocycles. The summed E-state index contributed by atoms with van der Waals surface area (Å²) in [6, 6.07) is 5.40. The van der Waals surface area contributed by atoms with E-state index in [4.69, 9.17) is 9.47 Å². The third-order valence-electron chi connectivity index (χ3n) is 4.07. The Bertz CT molecular complexity index is 813. The Morgan fingerprint density at radius 3 is 2.33 bits per heavy atom. The molecule has 0 aliphatic rings. The molecule has 0 aliphatic carbocycles. The number of hydrogen-bond donors (Lipinski definition) is 2. The lowest BCUT2D eigenvalue weighted by atomic mass is 9.95. The fourth-order valence-corrected chi connectivity index (χ4v) is 3.03. The third kappa shape index (κ3) is 9.90. The fraction of sp³-hybridized carbons (Fsp3) is 0.526. The van der Waals surface area contributed by atoms with Gasteiger partial charge in [0, 0.05) is 19.4 Å². The molecule has 0 saturated carbocycles. The van der Waals surface area contributed by atoms with Crippen molar-refractivity contribution in [2.45, 2.75) is 51.5 Å². The second kappa shape index (κ2) is 13.8. The van der Waals surface area contributed by atoms with Crippen LogP contribution in [0, 0.1) is 5.92 Å². The highest BCUT2D eigenvalue weighted by Gasteiger charge is 2.21. The first-order chi connectivity index (χ1) is 13.1. The number of amides is 1. The number of Topliss-reactive ketones (excluding diaryl/α,β-unsaturated/α-hetero) is 1. The zero-order chi connectivity index (χ0) is 21.3. The van der Waals surface area contributed by atoms with Crippen LogP contribution in [0.25, 0.3) is 0 Å². The molecular formula is C19H30FNO8S. The van der Waals surface area contributed by atoms with Gasteiger partial charge < -0.3 is 14.8 Å². The van der Waals surface area contributed by atoms with Gasteiger partial charge in [0.25, 0.3) is 10.1 Å². The number of rotatable bonds is 11. The number of halogens is 1. The number of para-hydroxylation sites is 1. The quantitative estimate of drug-likeness (QED) is 0.298. The van der Waals surface area contributed by atoms with Crippen molar-refractivity contribution in [1.82, 2.24) is 0 Å². The van der Waals surface area contributed by atoms with Gasteiger partial charge in [0.2, 0.25) is 5.91 Å². The summed E-state index contributed by atoms with van der Waals surface area (Å²) in [5.74, 6) is -1.91. The molecular weight excluding hydrogens is 421 g/mol. The van der Waals surface area contributed by atoms with Gasteiger partial charge >= 0.3 is 5.97 Å². The van der Waals surface area contributed by atoms with Gasteiger partial charge in [0.15, 0.2) is 6.10 Å². The lowest BCUT2D eigenvalue weighted by Gasteiger charge is -2.15. The fourth-order valence-electron chi connectivity index (χ4n) is 2.39. The average molecular weight is 452 g/mol. The Morgan fingerprint density at radius 1 is 1.20 bits per heavy atom. The summed E-state index contributed by atoms with van der Waals surface area (Å²) in [5.41, 5.74) is -0.0696. The van der Waals surface area contributed by atoms with Crippen LogP contribution >= 0.6 is 0 Å². The van der Waals surface area contributed by atoms with Crippen molar-refractivity contribution < 1.29 is 41.5 Å². The summed E-state index contributed by atoms with van der Waals surface area (Å²) >= 11 is 0. The summed E-state index contributed by atoms with van der Waals surface area (Å²) in [6.45, 7) is 2.99. The van der Waals surface area contributed by atoms with E-state index >= 15 is 0 Å². The van der Waals surface area contributed by atoms with Gasteiger partial charge in [-0.15, -0.1) is 0 Å². The van der Waals surface area contributed by atoms with Gasteiger partial charge in [-0.2, -0.15) is 8.42 Å². The van der Waals surface area contributed by atoms with E-state index in [1.807, 2.05) is 0 Å². The Balaban J connectivity index is 0. The number of ketones is 1. The number of anilines is 1. The van der Waals surface area contributed by atoms with Gasteiger partial charge in [0.05, 0.1) is 12.3 Å². The number of esters is 1. The van der Waals surface area contributed by atoms with Crippen LogP contribution in [0.3, 0.4) is 0 Å². The van der Waals surface area contributed by atoms with E-state index in [1.165, 1.54) is 32.2 Å². The Labute approximate surface area is 176 Å². The zero-order valence-corrected chi connectivity index (χ0v) is 17.2. The molecule has 0 aromatic heterocycles. The van der Waals surface area contributed by atoms with Crippen molar-refractivity contribution in [3.05, 3.63) is 24.3 Å². The maximum absolute atomic E-state index is 12.2. The molecule has 1 aromatic carbocycles. The number of methoxy groups -OCH3 is 1. The number of hydrogen-bond acceptors (Lipinski definition) is 7. The second-order valence-electron chi connectivity index (χ2n) is 6.22. The van der Waals surface area contributed by atoms with Crippen LogP contribution in [0.5, 0.6) is 0 Å². The molecule has 2 atom stereocenters. The molecule has 0 aliphatic heterocycles. The maximum atomic E-state index is 12.2. The molecule has 0 fully saturated rings. The van der Waals surface area contributed by atoms with Crippen LogP contribution in [-0.2, 0) is 34.0 Å². The number of carbonyl (C=O) groups is 3.